The quantitative estimate of drug-likeness (QED) is 0.757. The molecule has 0 spiro atoms. The molecular weight excluding hydrogens is 388 g/mol. The Bertz CT molecular complexity index is 1030. The number of aldehydes is 1. The van der Waals surface area contributed by atoms with Gasteiger partial charge in [-0.3, -0.25) is 0 Å². The molecule has 0 saturated heterocycles. The van der Waals surface area contributed by atoms with Gasteiger partial charge in [0.1, 0.15) is 6.29 Å². The Balaban J connectivity index is 1.75. The number of carbonyl (C=O) groups excluding carboxylic acids is 1. The van der Waals surface area contributed by atoms with Crippen LogP contribution in [0, 0.1) is 11.8 Å². The lowest BCUT2D eigenvalue weighted by atomic mass is 9.66. The van der Waals surface area contributed by atoms with Crippen LogP contribution in [0.5, 0.6) is 28.7 Å². The van der Waals surface area contributed by atoms with Gasteiger partial charge in [-0.2, -0.15) is 5.10 Å². The SMILES string of the molecule is COc1cc(C2c3cc4c(cc3C3=NNCC3C2C=O)OCO4)cc(OC)c1OC. The maximum atomic E-state index is 12.3. The molecule has 2 aromatic carbocycles. The van der Waals surface area contributed by atoms with Crippen molar-refractivity contribution in [3.63, 3.8) is 0 Å². The zero-order chi connectivity index (χ0) is 20.8. The van der Waals surface area contributed by atoms with E-state index in [2.05, 4.69) is 10.5 Å². The number of carbonyl (C=O) groups is 1. The molecule has 8 nitrogen and oxygen atoms in total. The fourth-order valence-corrected chi connectivity index (χ4v) is 4.72. The van der Waals surface area contributed by atoms with E-state index in [4.69, 9.17) is 23.7 Å². The highest BCUT2D eigenvalue weighted by Crippen LogP contribution is 2.50. The molecule has 2 aliphatic heterocycles. The summed E-state index contributed by atoms with van der Waals surface area (Å²) in [7, 11) is 4.73. The van der Waals surface area contributed by atoms with Gasteiger partial charge in [-0.25, -0.2) is 0 Å². The van der Waals surface area contributed by atoms with Crippen LogP contribution in [0.3, 0.4) is 0 Å². The van der Waals surface area contributed by atoms with Crippen molar-refractivity contribution in [2.75, 3.05) is 34.7 Å². The Morgan fingerprint density at radius 2 is 1.73 bits per heavy atom. The molecule has 0 fully saturated rings. The lowest BCUT2D eigenvalue weighted by Gasteiger charge is -2.35. The van der Waals surface area contributed by atoms with E-state index in [1.807, 2.05) is 24.3 Å². The van der Waals surface area contributed by atoms with E-state index in [-0.39, 0.29) is 24.5 Å². The number of ether oxygens (including phenoxy) is 5. The molecule has 0 saturated carbocycles. The van der Waals surface area contributed by atoms with Crippen LogP contribution < -0.4 is 29.1 Å². The number of benzene rings is 2. The zero-order valence-electron chi connectivity index (χ0n) is 16.9. The molecule has 5 rings (SSSR count). The minimum Gasteiger partial charge on any atom is -0.493 e. The highest BCUT2D eigenvalue weighted by Gasteiger charge is 2.44. The molecule has 3 atom stereocenters. The highest BCUT2D eigenvalue weighted by molar-refractivity contribution is 6.08. The van der Waals surface area contributed by atoms with E-state index in [0.29, 0.717) is 35.3 Å². The van der Waals surface area contributed by atoms with Crippen LogP contribution in [-0.2, 0) is 4.79 Å². The van der Waals surface area contributed by atoms with Gasteiger partial charge >= 0.3 is 0 Å². The second kappa shape index (κ2) is 7.12. The first-order valence-corrected chi connectivity index (χ1v) is 9.69. The third-order valence-corrected chi connectivity index (χ3v) is 6.07. The fourth-order valence-electron chi connectivity index (χ4n) is 4.72. The smallest absolute Gasteiger partial charge is 0.231 e. The van der Waals surface area contributed by atoms with E-state index >= 15 is 0 Å². The van der Waals surface area contributed by atoms with E-state index in [9.17, 15) is 4.79 Å². The molecular formula is C22H22N2O6. The summed E-state index contributed by atoms with van der Waals surface area (Å²) in [4.78, 5) is 12.3. The zero-order valence-corrected chi connectivity index (χ0v) is 16.9. The van der Waals surface area contributed by atoms with Crippen molar-refractivity contribution in [1.29, 1.82) is 0 Å². The highest BCUT2D eigenvalue weighted by atomic mass is 16.7. The van der Waals surface area contributed by atoms with Gasteiger partial charge in [0, 0.05) is 29.9 Å². The molecule has 0 bridgehead atoms. The van der Waals surface area contributed by atoms with Crippen LogP contribution in [0.4, 0.5) is 0 Å². The van der Waals surface area contributed by atoms with Crippen LogP contribution in [0.2, 0.25) is 0 Å². The summed E-state index contributed by atoms with van der Waals surface area (Å²) >= 11 is 0. The number of methoxy groups -OCH3 is 3. The van der Waals surface area contributed by atoms with E-state index in [1.54, 1.807) is 21.3 Å². The summed E-state index contributed by atoms with van der Waals surface area (Å²) in [5.74, 6) is 2.37. The predicted octanol–water partition coefficient (Wildman–Crippen LogP) is 2.33. The van der Waals surface area contributed by atoms with Gasteiger partial charge in [0.15, 0.2) is 23.0 Å². The second-order valence-corrected chi connectivity index (χ2v) is 7.41. The summed E-state index contributed by atoms with van der Waals surface area (Å²) in [6.07, 6.45) is 1.02. The van der Waals surface area contributed by atoms with Crippen molar-refractivity contribution in [3.05, 3.63) is 41.0 Å². The number of fused-ring (bicyclic) bond motifs is 4. The molecule has 2 aromatic rings. The molecule has 30 heavy (non-hydrogen) atoms. The molecule has 156 valence electrons. The van der Waals surface area contributed by atoms with Crippen molar-refractivity contribution in [2.24, 2.45) is 16.9 Å². The van der Waals surface area contributed by atoms with Gasteiger partial charge in [0.05, 0.1) is 27.0 Å². The van der Waals surface area contributed by atoms with Gasteiger partial charge in [-0.05, 0) is 35.4 Å². The number of hydrogen-bond acceptors (Lipinski definition) is 8. The van der Waals surface area contributed by atoms with Crippen LogP contribution >= 0.6 is 0 Å². The van der Waals surface area contributed by atoms with Crippen LogP contribution in [-0.4, -0.2) is 46.7 Å². The molecule has 0 aromatic heterocycles. The summed E-state index contributed by atoms with van der Waals surface area (Å²) in [6, 6.07) is 7.73. The summed E-state index contributed by atoms with van der Waals surface area (Å²) in [5, 5.41) is 4.49. The maximum Gasteiger partial charge on any atom is 0.231 e. The van der Waals surface area contributed by atoms with Crippen LogP contribution in [0.1, 0.15) is 22.6 Å². The Morgan fingerprint density at radius 1 is 1.03 bits per heavy atom. The van der Waals surface area contributed by atoms with E-state index in [0.717, 1.165) is 28.7 Å². The lowest BCUT2D eigenvalue weighted by Crippen LogP contribution is -2.37. The monoisotopic (exact) mass is 410 g/mol. The van der Waals surface area contributed by atoms with Gasteiger partial charge in [0.25, 0.3) is 0 Å². The third kappa shape index (κ3) is 2.59. The van der Waals surface area contributed by atoms with Gasteiger partial charge in [0.2, 0.25) is 12.5 Å². The van der Waals surface area contributed by atoms with Crippen LogP contribution in [0.25, 0.3) is 0 Å². The molecule has 3 unspecified atom stereocenters. The predicted molar refractivity (Wildman–Crippen MR) is 108 cm³/mol. The Labute approximate surface area is 173 Å². The normalized spacial score (nSPS) is 23.0. The van der Waals surface area contributed by atoms with Crippen molar-refractivity contribution >= 4 is 12.0 Å². The minimum atomic E-state index is -0.311. The Hall–Kier alpha value is -3.42. The Kier molecular flexibility index (Phi) is 4.42. The summed E-state index contributed by atoms with van der Waals surface area (Å²) in [5.41, 5.74) is 6.76. The maximum absolute atomic E-state index is 12.3. The molecule has 3 aliphatic rings. The second-order valence-electron chi connectivity index (χ2n) is 7.41. The average molecular weight is 410 g/mol. The number of rotatable bonds is 5. The van der Waals surface area contributed by atoms with E-state index in [1.165, 1.54) is 0 Å². The van der Waals surface area contributed by atoms with E-state index < -0.39 is 0 Å². The molecule has 1 N–H and O–H groups in total. The number of hydrogen-bond donors (Lipinski definition) is 1. The lowest BCUT2D eigenvalue weighted by molar-refractivity contribution is -0.112. The van der Waals surface area contributed by atoms with Crippen molar-refractivity contribution < 1.29 is 28.5 Å². The van der Waals surface area contributed by atoms with Crippen molar-refractivity contribution in [2.45, 2.75) is 5.92 Å². The fraction of sp³-hybridized carbons (Fsp3) is 0.364. The molecule has 1 aliphatic carbocycles. The first-order valence-electron chi connectivity index (χ1n) is 9.69. The number of hydrazone groups is 1. The standard InChI is InChI=1S/C22H22N2O6/c1-26-18-4-11(5-19(27-2)22(18)28-3)20-12-6-16-17(30-10-29-16)7-13(12)21-14(8-23-24-21)15(20)9-25/h4-7,9,14-15,20,23H,8,10H2,1-3H3. The van der Waals surface area contributed by atoms with Gasteiger partial charge < -0.3 is 33.9 Å². The summed E-state index contributed by atoms with van der Waals surface area (Å²) < 4.78 is 27.8. The topological polar surface area (TPSA) is 87.6 Å². The molecule has 0 amide bonds. The number of nitrogens with one attached hydrogen (secondary N) is 1. The van der Waals surface area contributed by atoms with Crippen LogP contribution in [0.15, 0.2) is 29.4 Å². The Morgan fingerprint density at radius 3 is 2.37 bits per heavy atom. The van der Waals surface area contributed by atoms with Gasteiger partial charge in [-0.1, -0.05) is 0 Å². The first kappa shape index (κ1) is 18.6. The van der Waals surface area contributed by atoms with Gasteiger partial charge in [-0.15, -0.1) is 0 Å². The van der Waals surface area contributed by atoms with Crippen molar-refractivity contribution in [3.8, 4) is 28.7 Å². The van der Waals surface area contributed by atoms with Crippen molar-refractivity contribution in [1.82, 2.24) is 5.43 Å². The average Bonchev–Trinajstić information content (AvgIpc) is 3.44. The molecule has 2 heterocycles. The molecule has 8 heteroatoms. The largest absolute Gasteiger partial charge is 0.493 e. The number of nitrogens with zero attached hydrogens (tertiary/aromatic N) is 1. The third-order valence-electron chi connectivity index (χ3n) is 6.07. The molecule has 0 radical (unpaired) electrons. The summed E-state index contributed by atoms with van der Waals surface area (Å²) in [6.45, 7) is 0.784. The first-order chi connectivity index (χ1) is 14.7. The minimum absolute atomic E-state index is 0.0422.